The van der Waals surface area contributed by atoms with Crippen LogP contribution in [0.4, 0.5) is 4.79 Å². The number of amides is 1. The van der Waals surface area contributed by atoms with E-state index in [9.17, 15) is 9.59 Å². The molecule has 2 heterocycles. The third kappa shape index (κ3) is 2.47. The number of rotatable bonds is 2. The third-order valence-electron chi connectivity index (χ3n) is 5.42. The van der Waals surface area contributed by atoms with E-state index >= 15 is 0 Å². The van der Waals surface area contributed by atoms with E-state index in [1.807, 2.05) is 0 Å². The van der Waals surface area contributed by atoms with Gasteiger partial charge in [-0.3, -0.25) is 4.79 Å². The summed E-state index contributed by atoms with van der Waals surface area (Å²) in [4.78, 5) is 25.7. The van der Waals surface area contributed by atoms with Crippen molar-refractivity contribution in [3.8, 4) is 0 Å². The van der Waals surface area contributed by atoms with Gasteiger partial charge in [0.05, 0.1) is 19.1 Å². The standard InChI is InChI=1S/C16H25NO5/c1-16(2)12-11(6-8-21-12)13(16)22-14(18)10-5-4-7-17(9-10)15(19)20-3/h10-13H,4-9H2,1-3H3. The fourth-order valence-electron chi connectivity index (χ4n) is 4.20. The molecule has 4 atom stereocenters. The Labute approximate surface area is 131 Å². The number of methoxy groups -OCH3 is 1. The summed E-state index contributed by atoms with van der Waals surface area (Å²) in [6.45, 7) is 5.98. The van der Waals surface area contributed by atoms with Gasteiger partial charge in [-0.2, -0.15) is 0 Å². The third-order valence-corrected chi connectivity index (χ3v) is 5.42. The van der Waals surface area contributed by atoms with Gasteiger partial charge in [0.15, 0.2) is 0 Å². The zero-order chi connectivity index (χ0) is 15.9. The monoisotopic (exact) mass is 311 g/mol. The summed E-state index contributed by atoms with van der Waals surface area (Å²) in [6.07, 6.45) is 2.31. The SMILES string of the molecule is COC(=O)N1CCCC(C(=O)OC2C3CCOC3C2(C)C)C1. The Bertz CT molecular complexity index is 463. The molecule has 1 aliphatic carbocycles. The number of hydrogen-bond donors (Lipinski definition) is 0. The molecular formula is C16H25NO5. The first kappa shape index (κ1) is 15.6. The van der Waals surface area contributed by atoms with Gasteiger partial charge in [0, 0.05) is 31.0 Å². The molecule has 2 aliphatic heterocycles. The second-order valence-electron chi connectivity index (χ2n) is 7.18. The van der Waals surface area contributed by atoms with Gasteiger partial charge in [0.2, 0.25) is 0 Å². The first-order valence-electron chi connectivity index (χ1n) is 8.10. The van der Waals surface area contributed by atoms with Crippen LogP contribution in [0.1, 0.15) is 33.1 Å². The van der Waals surface area contributed by atoms with Gasteiger partial charge < -0.3 is 19.1 Å². The molecule has 6 nitrogen and oxygen atoms in total. The van der Waals surface area contributed by atoms with Crippen LogP contribution in [-0.2, 0) is 19.0 Å². The fourth-order valence-corrected chi connectivity index (χ4v) is 4.20. The number of hydrogen-bond acceptors (Lipinski definition) is 5. The summed E-state index contributed by atoms with van der Waals surface area (Å²) in [5, 5.41) is 0. The first-order chi connectivity index (χ1) is 10.4. The zero-order valence-electron chi connectivity index (χ0n) is 13.5. The number of carbonyl (C=O) groups excluding carboxylic acids is 2. The average molecular weight is 311 g/mol. The largest absolute Gasteiger partial charge is 0.461 e. The van der Waals surface area contributed by atoms with Crippen LogP contribution in [0.5, 0.6) is 0 Å². The molecule has 2 saturated heterocycles. The molecule has 124 valence electrons. The maximum absolute atomic E-state index is 12.5. The summed E-state index contributed by atoms with van der Waals surface area (Å²) in [5.74, 6) is -0.0960. The molecule has 1 saturated carbocycles. The van der Waals surface area contributed by atoms with Gasteiger partial charge in [0.1, 0.15) is 6.10 Å². The molecule has 0 radical (unpaired) electrons. The van der Waals surface area contributed by atoms with Gasteiger partial charge in [0.25, 0.3) is 0 Å². The van der Waals surface area contributed by atoms with Crippen LogP contribution in [0.25, 0.3) is 0 Å². The van der Waals surface area contributed by atoms with Crippen LogP contribution in [0.15, 0.2) is 0 Å². The van der Waals surface area contributed by atoms with Gasteiger partial charge in [-0.05, 0) is 19.3 Å². The topological polar surface area (TPSA) is 65.1 Å². The van der Waals surface area contributed by atoms with Crippen molar-refractivity contribution >= 4 is 12.1 Å². The van der Waals surface area contributed by atoms with E-state index < -0.39 is 0 Å². The van der Waals surface area contributed by atoms with E-state index in [4.69, 9.17) is 14.2 Å². The lowest BCUT2D eigenvalue weighted by molar-refractivity contribution is -0.214. The molecule has 0 aromatic carbocycles. The van der Waals surface area contributed by atoms with Crippen LogP contribution in [0.3, 0.4) is 0 Å². The Hall–Kier alpha value is -1.30. The van der Waals surface area contributed by atoms with Crippen molar-refractivity contribution in [2.24, 2.45) is 17.3 Å². The molecule has 0 aromatic rings. The number of piperidine rings is 1. The van der Waals surface area contributed by atoms with Crippen molar-refractivity contribution < 1.29 is 23.8 Å². The predicted octanol–water partition coefficient (Wildman–Crippen LogP) is 1.82. The average Bonchev–Trinajstić information content (AvgIpc) is 2.98. The van der Waals surface area contributed by atoms with E-state index in [0.29, 0.717) is 19.0 Å². The lowest BCUT2D eigenvalue weighted by Gasteiger charge is -2.53. The Morgan fingerprint density at radius 3 is 2.77 bits per heavy atom. The minimum atomic E-state index is -0.370. The highest BCUT2D eigenvalue weighted by atomic mass is 16.6. The molecule has 0 aromatic heterocycles. The maximum Gasteiger partial charge on any atom is 0.409 e. The summed E-state index contributed by atoms with van der Waals surface area (Å²) in [6, 6.07) is 0. The molecule has 3 fully saturated rings. The summed E-state index contributed by atoms with van der Waals surface area (Å²) < 4.78 is 16.3. The van der Waals surface area contributed by atoms with Gasteiger partial charge >= 0.3 is 12.1 Å². The van der Waals surface area contributed by atoms with E-state index in [0.717, 1.165) is 25.9 Å². The molecule has 3 aliphatic rings. The van der Waals surface area contributed by atoms with Gasteiger partial charge in [-0.1, -0.05) is 13.8 Å². The molecule has 4 unspecified atom stereocenters. The van der Waals surface area contributed by atoms with Crippen molar-refractivity contribution in [3.05, 3.63) is 0 Å². The molecule has 0 N–H and O–H groups in total. The van der Waals surface area contributed by atoms with Gasteiger partial charge in [-0.15, -0.1) is 0 Å². The fraction of sp³-hybridized carbons (Fsp3) is 0.875. The molecule has 22 heavy (non-hydrogen) atoms. The van der Waals surface area contributed by atoms with Crippen molar-refractivity contribution in [1.29, 1.82) is 0 Å². The highest BCUT2D eigenvalue weighted by Gasteiger charge is 2.61. The van der Waals surface area contributed by atoms with Gasteiger partial charge in [-0.25, -0.2) is 4.79 Å². The predicted molar refractivity (Wildman–Crippen MR) is 78.2 cm³/mol. The maximum atomic E-state index is 12.5. The van der Waals surface area contributed by atoms with E-state index in [2.05, 4.69) is 13.8 Å². The summed E-state index contributed by atoms with van der Waals surface area (Å²) in [7, 11) is 1.36. The second-order valence-corrected chi connectivity index (χ2v) is 7.18. The first-order valence-corrected chi connectivity index (χ1v) is 8.10. The number of carbonyl (C=O) groups is 2. The Kier molecular flexibility index (Phi) is 4.05. The molecule has 0 bridgehead atoms. The highest BCUT2D eigenvalue weighted by Crippen LogP contribution is 2.53. The van der Waals surface area contributed by atoms with E-state index in [1.165, 1.54) is 7.11 Å². The lowest BCUT2D eigenvalue weighted by atomic mass is 9.59. The summed E-state index contributed by atoms with van der Waals surface area (Å²) in [5.41, 5.74) is -0.118. The van der Waals surface area contributed by atoms with Crippen molar-refractivity contribution in [3.63, 3.8) is 0 Å². The van der Waals surface area contributed by atoms with Crippen LogP contribution >= 0.6 is 0 Å². The minimum absolute atomic E-state index is 0.0685. The van der Waals surface area contributed by atoms with Crippen molar-refractivity contribution in [1.82, 2.24) is 4.90 Å². The number of fused-ring (bicyclic) bond motifs is 1. The zero-order valence-corrected chi connectivity index (χ0v) is 13.5. The molecule has 1 amide bonds. The minimum Gasteiger partial charge on any atom is -0.461 e. The van der Waals surface area contributed by atoms with E-state index in [1.54, 1.807) is 4.90 Å². The van der Waals surface area contributed by atoms with E-state index in [-0.39, 0.29) is 35.6 Å². The van der Waals surface area contributed by atoms with Crippen molar-refractivity contribution in [2.45, 2.75) is 45.3 Å². The number of likely N-dealkylation sites (tertiary alicyclic amines) is 1. The molecule has 6 heteroatoms. The normalized spacial score (nSPS) is 36.2. The number of esters is 1. The van der Waals surface area contributed by atoms with Crippen LogP contribution in [0, 0.1) is 17.3 Å². The van der Waals surface area contributed by atoms with Crippen LogP contribution < -0.4 is 0 Å². The number of nitrogens with zero attached hydrogens (tertiary/aromatic N) is 1. The molecule has 0 spiro atoms. The summed E-state index contributed by atoms with van der Waals surface area (Å²) >= 11 is 0. The Balaban J connectivity index is 1.59. The number of ether oxygens (including phenoxy) is 3. The highest BCUT2D eigenvalue weighted by molar-refractivity contribution is 5.75. The van der Waals surface area contributed by atoms with Crippen LogP contribution in [0.2, 0.25) is 0 Å². The smallest absolute Gasteiger partial charge is 0.409 e. The quantitative estimate of drug-likeness (QED) is 0.728. The Morgan fingerprint density at radius 1 is 1.27 bits per heavy atom. The lowest BCUT2D eigenvalue weighted by Crippen LogP contribution is -2.62. The Morgan fingerprint density at radius 2 is 2.05 bits per heavy atom. The van der Waals surface area contributed by atoms with Crippen LogP contribution in [-0.4, -0.2) is 56.0 Å². The molecule has 3 rings (SSSR count). The van der Waals surface area contributed by atoms with Crippen molar-refractivity contribution in [2.75, 3.05) is 26.8 Å². The molecular weight excluding hydrogens is 286 g/mol. The second kappa shape index (κ2) is 5.72.